The van der Waals surface area contributed by atoms with Gasteiger partial charge in [0.1, 0.15) is 0 Å². The first kappa shape index (κ1) is 11.1. The van der Waals surface area contributed by atoms with Gasteiger partial charge in [0.25, 0.3) is 0 Å². The summed E-state index contributed by atoms with van der Waals surface area (Å²) in [6, 6.07) is 14.0. The molecule has 3 aromatic rings. The number of ketones is 1. The van der Waals surface area contributed by atoms with Gasteiger partial charge in [-0.1, -0.05) is 18.2 Å². The molecule has 1 aromatic carbocycles. The van der Waals surface area contributed by atoms with Gasteiger partial charge >= 0.3 is 0 Å². The highest BCUT2D eigenvalue weighted by atomic mass is 32.1. The first-order valence-electron chi connectivity index (χ1n) is 5.70. The number of pyridine rings is 1. The molecule has 0 N–H and O–H groups in total. The molecule has 88 valence electrons. The smallest absolute Gasteiger partial charge is 0.169 e. The van der Waals surface area contributed by atoms with Gasteiger partial charge in [-0.2, -0.15) is 0 Å². The molecule has 2 nitrogen and oxygen atoms in total. The average Bonchev–Trinajstić information content (AvgIpc) is 2.87. The summed E-state index contributed by atoms with van der Waals surface area (Å²) in [5, 5.41) is 1.12. The van der Waals surface area contributed by atoms with Gasteiger partial charge < -0.3 is 0 Å². The third kappa shape index (κ3) is 1.83. The number of nitrogens with zero attached hydrogens (tertiary/aromatic N) is 1. The number of hydrogen-bond acceptors (Lipinski definition) is 3. The molecular formula is C15H11NOS. The van der Waals surface area contributed by atoms with Crippen LogP contribution in [0.15, 0.2) is 48.7 Å². The van der Waals surface area contributed by atoms with Gasteiger partial charge in [-0.15, -0.1) is 11.3 Å². The van der Waals surface area contributed by atoms with Gasteiger partial charge in [0.15, 0.2) is 5.78 Å². The van der Waals surface area contributed by atoms with E-state index in [0.717, 1.165) is 26.2 Å². The monoisotopic (exact) mass is 253 g/mol. The van der Waals surface area contributed by atoms with Gasteiger partial charge in [0.2, 0.25) is 0 Å². The van der Waals surface area contributed by atoms with Crippen molar-refractivity contribution < 1.29 is 4.79 Å². The predicted octanol–water partition coefficient (Wildman–Crippen LogP) is 4.17. The first-order valence-corrected chi connectivity index (χ1v) is 6.52. The Bertz CT molecular complexity index is 725. The SMILES string of the molecule is CC(=O)c1ccc(-c2cccc3ncccc23)s1. The van der Waals surface area contributed by atoms with E-state index >= 15 is 0 Å². The largest absolute Gasteiger partial charge is 0.294 e. The molecule has 0 saturated carbocycles. The zero-order valence-electron chi connectivity index (χ0n) is 9.88. The maximum Gasteiger partial charge on any atom is 0.169 e. The van der Waals surface area contributed by atoms with Crippen LogP contribution < -0.4 is 0 Å². The Morgan fingerprint density at radius 3 is 2.78 bits per heavy atom. The van der Waals surface area contributed by atoms with Crippen LogP contribution in [-0.2, 0) is 0 Å². The van der Waals surface area contributed by atoms with E-state index in [1.807, 2.05) is 30.3 Å². The van der Waals surface area contributed by atoms with Gasteiger partial charge in [-0.25, -0.2) is 0 Å². The van der Waals surface area contributed by atoms with Gasteiger partial charge in [0, 0.05) is 22.0 Å². The van der Waals surface area contributed by atoms with E-state index in [4.69, 9.17) is 0 Å². The summed E-state index contributed by atoms with van der Waals surface area (Å²) in [5.41, 5.74) is 2.12. The van der Waals surface area contributed by atoms with Crippen molar-refractivity contribution in [1.29, 1.82) is 0 Å². The molecule has 0 bridgehead atoms. The van der Waals surface area contributed by atoms with Gasteiger partial charge in [0.05, 0.1) is 10.4 Å². The lowest BCUT2D eigenvalue weighted by Crippen LogP contribution is -1.83. The van der Waals surface area contributed by atoms with E-state index in [1.165, 1.54) is 11.3 Å². The maximum atomic E-state index is 11.4. The summed E-state index contributed by atoms with van der Waals surface area (Å²) < 4.78 is 0. The van der Waals surface area contributed by atoms with Crippen molar-refractivity contribution in [2.24, 2.45) is 0 Å². The van der Waals surface area contributed by atoms with Gasteiger partial charge in [-0.05, 0) is 31.2 Å². The molecule has 0 aliphatic heterocycles. The molecule has 2 aromatic heterocycles. The van der Waals surface area contributed by atoms with E-state index < -0.39 is 0 Å². The second kappa shape index (κ2) is 4.35. The van der Waals surface area contributed by atoms with Crippen molar-refractivity contribution in [1.82, 2.24) is 4.98 Å². The lowest BCUT2D eigenvalue weighted by molar-refractivity contribution is 0.102. The average molecular weight is 253 g/mol. The molecule has 18 heavy (non-hydrogen) atoms. The molecule has 0 amide bonds. The normalized spacial score (nSPS) is 10.7. The number of aromatic nitrogens is 1. The second-order valence-corrected chi connectivity index (χ2v) is 5.18. The van der Waals surface area contributed by atoms with E-state index in [1.54, 1.807) is 13.1 Å². The molecule has 0 spiro atoms. The Labute approximate surface area is 109 Å². The molecule has 0 saturated heterocycles. The van der Waals surface area contributed by atoms with Crippen LogP contribution >= 0.6 is 11.3 Å². The molecular weight excluding hydrogens is 242 g/mol. The molecule has 0 aliphatic carbocycles. The Kier molecular flexibility index (Phi) is 2.68. The van der Waals surface area contributed by atoms with Crippen molar-refractivity contribution in [2.75, 3.05) is 0 Å². The Morgan fingerprint density at radius 2 is 2.00 bits per heavy atom. The topological polar surface area (TPSA) is 30.0 Å². The standard InChI is InChI=1S/C15H11NOS/c1-10(17)14-7-8-15(18-14)12-4-2-6-13-11(12)5-3-9-16-13/h2-9H,1H3. The molecule has 0 radical (unpaired) electrons. The van der Waals surface area contributed by atoms with E-state index in [9.17, 15) is 4.79 Å². The number of carbonyl (C=O) groups is 1. The second-order valence-electron chi connectivity index (χ2n) is 4.10. The third-order valence-corrected chi connectivity index (χ3v) is 4.08. The molecule has 3 rings (SSSR count). The lowest BCUT2D eigenvalue weighted by atomic mass is 10.1. The number of thiophene rings is 1. The first-order chi connectivity index (χ1) is 8.75. The van der Waals surface area contributed by atoms with Crippen molar-refractivity contribution in [2.45, 2.75) is 6.92 Å². The van der Waals surface area contributed by atoms with Crippen LogP contribution in [0.2, 0.25) is 0 Å². The minimum atomic E-state index is 0.115. The molecule has 0 aliphatic rings. The van der Waals surface area contributed by atoms with Crippen molar-refractivity contribution in [3.63, 3.8) is 0 Å². The number of carbonyl (C=O) groups excluding carboxylic acids is 1. The van der Waals surface area contributed by atoms with Crippen LogP contribution in [0.25, 0.3) is 21.3 Å². The van der Waals surface area contributed by atoms with Crippen LogP contribution in [0.3, 0.4) is 0 Å². The predicted molar refractivity (Wildman–Crippen MR) is 75.1 cm³/mol. The zero-order chi connectivity index (χ0) is 12.5. The lowest BCUT2D eigenvalue weighted by Gasteiger charge is -2.02. The van der Waals surface area contributed by atoms with Crippen molar-refractivity contribution in [3.8, 4) is 10.4 Å². The Balaban J connectivity index is 2.21. The Hall–Kier alpha value is -2.00. The summed E-state index contributed by atoms with van der Waals surface area (Å²) >= 11 is 1.53. The molecule has 0 atom stereocenters. The van der Waals surface area contributed by atoms with Crippen LogP contribution in [0.4, 0.5) is 0 Å². The Morgan fingerprint density at radius 1 is 1.11 bits per heavy atom. The van der Waals surface area contributed by atoms with Crippen molar-refractivity contribution in [3.05, 3.63) is 53.5 Å². The summed E-state index contributed by atoms with van der Waals surface area (Å²) in [6.07, 6.45) is 1.79. The fraction of sp³-hybridized carbons (Fsp3) is 0.0667. The number of hydrogen-bond donors (Lipinski definition) is 0. The number of Topliss-reactive ketones (excluding diaryl/α,β-unsaturated/α-hetero) is 1. The van der Waals surface area contributed by atoms with E-state index in [2.05, 4.69) is 17.1 Å². The zero-order valence-corrected chi connectivity index (χ0v) is 10.7. The summed E-state index contributed by atoms with van der Waals surface area (Å²) in [6.45, 7) is 1.60. The summed E-state index contributed by atoms with van der Waals surface area (Å²) in [4.78, 5) is 17.6. The number of fused-ring (bicyclic) bond motifs is 1. The van der Waals surface area contributed by atoms with Crippen LogP contribution in [0.1, 0.15) is 16.6 Å². The van der Waals surface area contributed by atoms with Gasteiger partial charge in [-0.3, -0.25) is 9.78 Å². The number of rotatable bonds is 2. The van der Waals surface area contributed by atoms with Crippen LogP contribution in [0.5, 0.6) is 0 Å². The highest BCUT2D eigenvalue weighted by molar-refractivity contribution is 7.17. The fourth-order valence-corrected chi connectivity index (χ4v) is 2.93. The maximum absolute atomic E-state index is 11.4. The minimum Gasteiger partial charge on any atom is -0.294 e. The molecule has 0 unspecified atom stereocenters. The third-order valence-electron chi connectivity index (χ3n) is 2.86. The quantitative estimate of drug-likeness (QED) is 0.642. The molecule has 3 heteroatoms. The van der Waals surface area contributed by atoms with Crippen LogP contribution in [-0.4, -0.2) is 10.8 Å². The van der Waals surface area contributed by atoms with Crippen molar-refractivity contribution >= 4 is 28.0 Å². The summed E-state index contributed by atoms with van der Waals surface area (Å²) in [5.74, 6) is 0.115. The fourth-order valence-electron chi connectivity index (χ4n) is 1.99. The van der Waals surface area contributed by atoms with E-state index in [-0.39, 0.29) is 5.78 Å². The minimum absolute atomic E-state index is 0.115. The van der Waals surface area contributed by atoms with Crippen LogP contribution in [0, 0.1) is 0 Å². The summed E-state index contributed by atoms with van der Waals surface area (Å²) in [7, 11) is 0. The number of benzene rings is 1. The molecule has 0 fully saturated rings. The van der Waals surface area contributed by atoms with E-state index in [0.29, 0.717) is 0 Å². The highest BCUT2D eigenvalue weighted by Crippen LogP contribution is 2.33. The molecule has 2 heterocycles. The highest BCUT2D eigenvalue weighted by Gasteiger charge is 2.08.